The van der Waals surface area contributed by atoms with Crippen molar-refractivity contribution in [2.75, 3.05) is 24.4 Å². The van der Waals surface area contributed by atoms with Crippen LogP contribution in [-0.4, -0.2) is 25.6 Å². The molecule has 0 saturated carbocycles. The highest BCUT2D eigenvalue weighted by Crippen LogP contribution is 2.37. The number of amides is 1. The van der Waals surface area contributed by atoms with Gasteiger partial charge < -0.3 is 15.0 Å². The standard InChI is InChI=1S/C12H16N2O2/c1-12(2)11(15)13-9-7-8(16-4)5-6-10(9)14(12)3/h5-7H,1-4H3,(H,13,15). The predicted octanol–water partition coefficient (Wildman–Crippen LogP) is 1.86. The molecule has 4 heteroatoms. The number of likely N-dealkylation sites (N-methyl/N-ethyl adjacent to an activating group) is 1. The van der Waals surface area contributed by atoms with Crippen LogP contribution in [0.4, 0.5) is 11.4 Å². The van der Waals surface area contributed by atoms with Gasteiger partial charge in [-0.1, -0.05) is 0 Å². The van der Waals surface area contributed by atoms with Crippen LogP contribution in [0.2, 0.25) is 0 Å². The Morgan fingerprint density at radius 2 is 2.06 bits per heavy atom. The molecule has 0 fully saturated rings. The van der Waals surface area contributed by atoms with E-state index in [9.17, 15) is 4.79 Å². The van der Waals surface area contributed by atoms with E-state index in [2.05, 4.69) is 5.32 Å². The summed E-state index contributed by atoms with van der Waals surface area (Å²) in [6, 6.07) is 5.68. The Morgan fingerprint density at radius 3 is 2.69 bits per heavy atom. The molecule has 0 spiro atoms. The van der Waals surface area contributed by atoms with Crippen LogP contribution in [-0.2, 0) is 4.79 Å². The van der Waals surface area contributed by atoms with Crippen molar-refractivity contribution < 1.29 is 9.53 Å². The first-order valence-corrected chi connectivity index (χ1v) is 5.20. The molecule has 1 aliphatic heterocycles. The Kier molecular flexibility index (Phi) is 2.30. The van der Waals surface area contributed by atoms with E-state index in [1.54, 1.807) is 7.11 Å². The van der Waals surface area contributed by atoms with Gasteiger partial charge >= 0.3 is 0 Å². The molecule has 86 valence electrons. The number of anilines is 2. The molecular formula is C12H16N2O2. The fourth-order valence-corrected chi connectivity index (χ4v) is 1.76. The number of carbonyl (C=O) groups excluding carboxylic acids is 1. The maximum atomic E-state index is 11.9. The lowest BCUT2D eigenvalue weighted by molar-refractivity contribution is -0.120. The minimum atomic E-state index is -0.526. The molecule has 0 bridgehead atoms. The Balaban J connectivity index is 2.51. The molecule has 2 rings (SSSR count). The molecule has 0 atom stereocenters. The number of benzene rings is 1. The lowest BCUT2D eigenvalue weighted by Crippen LogP contribution is -2.54. The van der Waals surface area contributed by atoms with Crippen LogP contribution >= 0.6 is 0 Å². The van der Waals surface area contributed by atoms with E-state index in [1.165, 1.54) is 0 Å². The SMILES string of the molecule is COc1ccc2c(c1)NC(=O)C(C)(C)N2C. The highest BCUT2D eigenvalue weighted by molar-refractivity contribution is 6.06. The molecule has 0 aromatic heterocycles. The minimum Gasteiger partial charge on any atom is -0.497 e. The van der Waals surface area contributed by atoms with Crippen molar-refractivity contribution in [1.29, 1.82) is 0 Å². The van der Waals surface area contributed by atoms with Crippen LogP contribution < -0.4 is 15.0 Å². The third-order valence-electron chi connectivity index (χ3n) is 3.21. The number of ether oxygens (including phenoxy) is 1. The molecule has 4 nitrogen and oxygen atoms in total. The molecule has 0 unspecified atom stereocenters. The highest BCUT2D eigenvalue weighted by atomic mass is 16.5. The van der Waals surface area contributed by atoms with Crippen LogP contribution in [0.5, 0.6) is 5.75 Å². The van der Waals surface area contributed by atoms with Gasteiger partial charge in [0.15, 0.2) is 0 Å². The summed E-state index contributed by atoms with van der Waals surface area (Å²) in [7, 11) is 3.53. The molecule has 0 aliphatic carbocycles. The predicted molar refractivity (Wildman–Crippen MR) is 64.1 cm³/mol. The molecule has 1 heterocycles. The summed E-state index contributed by atoms with van der Waals surface area (Å²) in [4.78, 5) is 13.9. The van der Waals surface area contributed by atoms with E-state index >= 15 is 0 Å². The summed E-state index contributed by atoms with van der Waals surface area (Å²) in [5, 5.41) is 2.89. The Bertz CT molecular complexity index is 441. The summed E-state index contributed by atoms with van der Waals surface area (Å²) in [5.74, 6) is 0.739. The average molecular weight is 220 g/mol. The van der Waals surface area contributed by atoms with Gasteiger partial charge in [-0.2, -0.15) is 0 Å². The summed E-state index contributed by atoms with van der Waals surface area (Å²) >= 11 is 0. The molecule has 0 saturated heterocycles. The smallest absolute Gasteiger partial charge is 0.249 e. The number of hydrogen-bond acceptors (Lipinski definition) is 3. The third kappa shape index (κ3) is 1.41. The van der Waals surface area contributed by atoms with E-state index in [1.807, 2.05) is 44.0 Å². The Labute approximate surface area is 95.2 Å². The number of hydrogen-bond donors (Lipinski definition) is 1. The van der Waals surface area contributed by atoms with E-state index in [-0.39, 0.29) is 5.91 Å². The van der Waals surface area contributed by atoms with Crippen LogP contribution in [0.15, 0.2) is 18.2 Å². The van der Waals surface area contributed by atoms with Crippen molar-refractivity contribution in [2.24, 2.45) is 0 Å². The van der Waals surface area contributed by atoms with Crippen LogP contribution in [0.3, 0.4) is 0 Å². The Hall–Kier alpha value is -1.71. The first-order chi connectivity index (χ1) is 7.46. The van der Waals surface area contributed by atoms with Crippen molar-refractivity contribution in [3.05, 3.63) is 18.2 Å². The molecule has 0 radical (unpaired) electrons. The van der Waals surface area contributed by atoms with Crippen molar-refractivity contribution in [1.82, 2.24) is 0 Å². The van der Waals surface area contributed by atoms with Gasteiger partial charge in [0.2, 0.25) is 5.91 Å². The minimum absolute atomic E-state index is 0.00393. The quantitative estimate of drug-likeness (QED) is 0.785. The summed E-state index contributed by atoms with van der Waals surface area (Å²) in [5.41, 5.74) is 1.28. The second-order valence-corrected chi connectivity index (χ2v) is 4.46. The first kappa shape index (κ1) is 10.8. The van der Waals surface area contributed by atoms with Gasteiger partial charge in [-0.25, -0.2) is 0 Å². The molecule has 1 aliphatic rings. The number of carbonyl (C=O) groups is 1. The van der Waals surface area contributed by atoms with Crippen LogP contribution in [0.25, 0.3) is 0 Å². The van der Waals surface area contributed by atoms with Gasteiger partial charge in [-0.15, -0.1) is 0 Å². The van der Waals surface area contributed by atoms with Crippen molar-refractivity contribution in [3.63, 3.8) is 0 Å². The monoisotopic (exact) mass is 220 g/mol. The van der Waals surface area contributed by atoms with Gasteiger partial charge in [-0.3, -0.25) is 4.79 Å². The van der Waals surface area contributed by atoms with Crippen LogP contribution in [0, 0.1) is 0 Å². The van der Waals surface area contributed by atoms with Gasteiger partial charge in [0.1, 0.15) is 11.3 Å². The zero-order chi connectivity index (χ0) is 11.9. The number of methoxy groups -OCH3 is 1. The summed E-state index contributed by atoms with van der Waals surface area (Å²) in [6.45, 7) is 3.80. The lowest BCUT2D eigenvalue weighted by Gasteiger charge is -2.41. The highest BCUT2D eigenvalue weighted by Gasteiger charge is 2.37. The second kappa shape index (κ2) is 3.40. The van der Waals surface area contributed by atoms with E-state index in [0.29, 0.717) is 0 Å². The van der Waals surface area contributed by atoms with E-state index < -0.39 is 5.54 Å². The average Bonchev–Trinajstić information content (AvgIpc) is 2.26. The van der Waals surface area contributed by atoms with Crippen molar-refractivity contribution in [3.8, 4) is 5.75 Å². The summed E-state index contributed by atoms with van der Waals surface area (Å²) in [6.07, 6.45) is 0. The first-order valence-electron chi connectivity index (χ1n) is 5.20. The van der Waals surface area contributed by atoms with E-state index in [0.717, 1.165) is 17.1 Å². The van der Waals surface area contributed by atoms with Crippen LogP contribution in [0.1, 0.15) is 13.8 Å². The van der Waals surface area contributed by atoms with Crippen molar-refractivity contribution >= 4 is 17.3 Å². The van der Waals surface area contributed by atoms with E-state index in [4.69, 9.17) is 4.74 Å². The number of nitrogens with zero attached hydrogens (tertiary/aromatic N) is 1. The van der Waals surface area contributed by atoms with Crippen molar-refractivity contribution in [2.45, 2.75) is 19.4 Å². The van der Waals surface area contributed by atoms with Gasteiger partial charge in [0.05, 0.1) is 18.5 Å². The van der Waals surface area contributed by atoms with Gasteiger partial charge in [-0.05, 0) is 26.0 Å². The normalized spacial score (nSPS) is 17.8. The Morgan fingerprint density at radius 1 is 1.38 bits per heavy atom. The maximum Gasteiger partial charge on any atom is 0.249 e. The topological polar surface area (TPSA) is 41.6 Å². The van der Waals surface area contributed by atoms with Gasteiger partial charge in [0.25, 0.3) is 0 Å². The van der Waals surface area contributed by atoms with Gasteiger partial charge in [0, 0.05) is 13.1 Å². The maximum absolute atomic E-state index is 11.9. The number of nitrogens with one attached hydrogen (secondary N) is 1. The summed E-state index contributed by atoms with van der Waals surface area (Å²) < 4.78 is 5.13. The molecule has 1 N–H and O–H groups in total. The molecular weight excluding hydrogens is 204 g/mol. The second-order valence-electron chi connectivity index (χ2n) is 4.46. The fourth-order valence-electron chi connectivity index (χ4n) is 1.76. The zero-order valence-electron chi connectivity index (χ0n) is 10.00. The fraction of sp³-hybridized carbons (Fsp3) is 0.417. The molecule has 1 aromatic rings. The molecule has 1 amide bonds. The lowest BCUT2D eigenvalue weighted by atomic mass is 9.97. The molecule has 16 heavy (non-hydrogen) atoms. The number of fused-ring (bicyclic) bond motifs is 1. The molecule has 1 aromatic carbocycles. The largest absolute Gasteiger partial charge is 0.497 e. The third-order valence-corrected chi connectivity index (χ3v) is 3.21. The number of rotatable bonds is 1. The zero-order valence-corrected chi connectivity index (χ0v) is 10.00.